The van der Waals surface area contributed by atoms with Crippen molar-refractivity contribution in [2.45, 2.75) is 52.2 Å². The molecule has 1 fully saturated rings. The fourth-order valence-electron chi connectivity index (χ4n) is 3.05. The highest BCUT2D eigenvalue weighted by atomic mass is 16.6. The zero-order valence-electron chi connectivity index (χ0n) is 14.2. The van der Waals surface area contributed by atoms with Crippen molar-refractivity contribution >= 4 is 6.09 Å². The molecule has 1 saturated heterocycles. The van der Waals surface area contributed by atoms with E-state index < -0.39 is 16.6 Å². The standard InChI is InChI=1S/C18H27NO3/c1-16(2,3)22-15(20)19-12-11-18(21,17(4,5)13-19)14-9-7-6-8-10-14/h6-10,21H,11-13H2,1-5H3. The first-order valence-corrected chi connectivity index (χ1v) is 7.81. The summed E-state index contributed by atoms with van der Waals surface area (Å²) >= 11 is 0. The van der Waals surface area contributed by atoms with Gasteiger partial charge in [0.1, 0.15) is 5.60 Å². The Bertz CT molecular complexity index is 533. The molecule has 0 aromatic heterocycles. The van der Waals surface area contributed by atoms with Crippen molar-refractivity contribution in [2.75, 3.05) is 13.1 Å². The summed E-state index contributed by atoms with van der Waals surface area (Å²) in [6.07, 6.45) is 0.194. The molecule has 1 heterocycles. The Hall–Kier alpha value is -1.55. The first-order valence-electron chi connectivity index (χ1n) is 7.81. The van der Waals surface area contributed by atoms with E-state index in [4.69, 9.17) is 4.74 Å². The van der Waals surface area contributed by atoms with Crippen molar-refractivity contribution in [3.63, 3.8) is 0 Å². The molecule has 1 aromatic carbocycles. The SMILES string of the molecule is CC(C)(C)OC(=O)N1CCC(O)(c2ccccc2)C(C)(C)C1. The molecule has 1 aromatic rings. The van der Waals surface area contributed by atoms with E-state index in [9.17, 15) is 9.90 Å². The van der Waals surface area contributed by atoms with Crippen LogP contribution in [0.1, 0.15) is 46.6 Å². The van der Waals surface area contributed by atoms with Crippen LogP contribution in [-0.2, 0) is 10.3 Å². The number of amides is 1. The van der Waals surface area contributed by atoms with Gasteiger partial charge in [-0.1, -0.05) is 44.2 Å². The number of piperidine rings is 1. The van der Waals surface area contributed by atoms with Crippen LogP contribution in [0.5, 0.6) is 0 Å². The minimum atomic E-state index is -0.938. The van der Waals surface area contributed by atoms with E-state index in [1.807, 2.05) is 65.0 Å². The molecule has 1 N–H and O–H groups in total. The van der Waals surface area contributed by atoms with Gasteiger partial charge in [-0.25, -0.2) is 4.79 Å². The quantitative estimate of drug-likeness (QED) is 0.863. The Labute approximate surface area is 133 Å². The highest BCUT2D eigenvalue weighted by Crippen LogP contribution is 2.46. The van der Waals surface area contributed by atoms with E-state index in [-0.39, 0.29) is 6.09 Å². The molecule has 2 rings (SSSR count). The van der Waals surface area contributed by atoms with Gasteiger partial charge < -0.3 is 14.7 Å². The third kappa shape index (κ3) is 3.27. The smallest absolute Gasteiger partial charge is 0.410 e. The Kier molecular flexibility index (Phi) is 4.26. The first kappa shape index (κ1) is 16.8. The van der Waals surface area contributed by atoms with E-state index in [0.717, 1.165) is 5.56 Å². The van der Waals surface area contributed by atoms with Gasteiger partial charge in [0.05, 0.1) is 5.60 Å². The van der Waals surface area contributed by atoms with Crippen LogP contribution in [0, 0.1) is 5.41 Å². The van der Waals surface area contributed by atoms with Crippen LogP contribution >= 0.6 is 0 Å². The monoisotopic (exact) mass is 305 g/mol. The van der Waals surface area contributed by atoms with Crippen LogP contribution in [0.15, 0.2) is 30.3 Å². The molecule has 0 aliphatic carbocycles. The van der Waals surface area contributed by atoms with Crippen LogP contribution < -0.4 is 0 Å². The Morgan fingerprint density at radius 1 is 1.23 bits per heavy atom. The fourth-order valence-corrected chi connectivity index (χ4v) is 3.05. The lowest BCUT2D eigenvalue weighted by atomic mass is 9.66. The van der Waals surface area contributed by atoms with Gasteiger partial charge in [-0.15, -0.1) is 0 Å². The molecule has 0 radical (unpaired) electrons. The molecule has 0 spiro atoms. The van der Waals surface area contributed by atoms with E-state index in [2.05, 4.69) is 0 Å². The van der Waals surface area contributed by atoms with Crippen LogP contribution in [0.3, 0.4) is 0 Å². The molecule has 1 aliphatic rings. The second-order valence-corrected chi connectivity index (χ2v) is 7.76. The summed E-state index contributed by atoms with van der Waals surface area (Å²) in [5, 5.41) is 11.2. The summed E-state index contributed by atoms with van der Waals surface area (Å²) in [4.78, 5) is 14.0. The predicted molar refractivity (Wildman–Crippen MR) is 86.5 cm³/mol. The number of hydrogen-bond acceptors (Lipinski definition) is 3. The largest absolute Gasteiger partial charge is 0.444 e. The third-order valence-corrected chi connectivity index (χ3v) is 4.35. The lowest BCUT2D eigenvalue weighted by Crippen LogP contribution is -2.57. The number of hydrogen-bond donors (Lipinski definition) is 1. The summed E-state index contributed by atoms with van der Waals surface area (Å²) in [6.45, 7) is 10.5. The van der Waals surface area contributed by atoms with E-state index in [0.29, 0.717) is 19.5 Å². The van der Waals surface area contributed by atoms with Crippen molar-refractivity contribution in [1.82, 2.24) is 4.90 Å². The zero-order valence-corrected chi connectivity index (χ0v) is 14.2. The number of nitrogens with zero attached hydrogens (tertiary/aromatic N) is 1. The van der Waals surface area contributed by atoms with Gasteiger partial charge >= 0.3 is 6.09 Å². The van der Waals surface area contributed by atoms with Gasteiger partial charge in [-0.05, 0) is 32.8 Å². The van der Waals surface area contributed by atoms with Gasteiger partial charge in [-0.3, -0.25) is 0 Å². The molecule has 122 valence electrons. The Morgan fingerprint density at radius 3 is 2.32 bits per heavy atom. The molecule has 1 aliphatic heterocycles. The summed E-state index contributed by atoms with van der Waals surface area (Å²) in [5.74, 6) is 0. The van der Waals surface area contributed by atoms with E-state index in [1.54, 1.807) is 4.90 Å². The highest BCUT2D eigenvalue weighted by Gasteiger charge is 2.50. The van der Waals surface area contributed by atoms with Gasteiger partial charge in [0, 0.05) is 18.5 Å². The fraction of sp³-hybridized carbons (Fsp3) is 0.611. The molecular weight excluding hydrogens is 278 g/mol. The predicted octanol–water partition coefficient (Wildman–Crippen LogP) is 3.54. The highest BCUT2D eigenvalue weighted by molar-refractivity contribution is 5.68. The van der Waals surface area contributed by atoms with Crippen LogP contribution in [-0.4, -0.2) is 34.8 Å². The van der Waals surface area contributed by atoms with Gasteiger partial charge in [0.15, 0.2) is 0 Å². The first-order chi connectivity index (χ1) is 10.1. The molecule has 1 amide bonds. The summed E-state index contributed by atoms with van der Waals surface area (Å²) in [6, 6.07) is 9.71. The van der Waals surface area contributed by atoms with Crippen molar-refractivity contribution < 1.29 is 14.6 Å². The van der Waals surface area contributed by atoms with E-state index >= 15 is 0 Å². The van der Waals surface area contributed by atoms with Gasteiger partial charge in [-0.2, -0.15) is 0 Å². The number of benzene rings is 1. The topological polar surface area (TPSA) is 49.8 Å². The maximum absolute atomic E-state index is 12.3. The second kappa shape index (κ2) is 5.58. The third-order valence-electron chi connectivity index (χ3n) is 4.35. The normalized spacial score (nSPS) is 24.9. The molecule has 22 heavy (non-hydrogen) atoms. The van der Waals surface area contributed by atoms with Crippen LogP contribution in [0.2, 0.25) is 0 Å². The van der Waals surface area contributed by atoms with Crippen molar-refractivity contribution in [2.24, 2.45) is 5.41 Å². The van der Waals surface area contributed by atoms with Crippen molar-refractivity contribution in [3.05, 3.63) is 35.9 Å². The summed E-state index contributed by atoms with van der Waals surface area (Å²) in [5.41, 5.74) is -0.992. The minimum Gasteiger partial charge on any atom is -0.444 e. The molecule has 1 atom stereocenters. The molecule has 4 heteroatoms. The summed E-state index contributed by atoms with van der Waals surface area (Å²) in [7, 11) is 0. The molecular formula is C18H27NO3. The Morgan fingerprint density at radius 2 is 1.82 bits per heavy atom. The van der Waals surface area contributed by atoms with Gasteiger partial charge in [0.2, 0.25) is 0 Å². The van der Waals surface area contributed by atoms with Crippen LogP contribution in [0.4, 0.5) is 4.79 Å². The van der Waals surface area contributed by atoms with Crippen LogP contribution in [0.25, 0.3) is 0 Å². The minimum absolute atomic E-state index is 0.310. The van der Waals surface area contributed by atoms with Gasteiger partial charge in [0.25, 0.3) is 0 Å². The second-order valence-electron chi connectivity index (χ2n) is 7.76. The number of rotatable bonds is 1. The number of carbonyl (C=O) groups is 1. The maximum atomic E-state index is 12.3. The summed E-state index contributed by atoms with van der Waals surface area (Å²) < 4.78 is 5.45. The molecule has 0 saturated carbocycles. The van der Waals surface area contributed by atoms with E-state index in [1.165, 1.54) is 0 Å². The number of aliphatic hydroxyl groups is 1. The Balaban J connectivity index is 2.18. The lowest BCUT2D eigenvalue weighted by Gasteiger charge is -2.50. The maximum Gasteiger partial charge on any atom is 0.410 e. The molecule has 1 unspecified atom stereocenters. The zero-order chi connectivity index (χ0) is 16.6. The number of carbonyl (C=O) groups excluding carboxylic acids is 1. The molecule has 4 nitrogen and oxygen atoms in total. The average Bonchev–Trinajstić information content (AvgIpc) is 2.41. The number of ether oxygens (including phenoxy) is 1. The van der Waals surface area contributed by atoms with Crippen molar-refractivity contribution in [3.8, 4) is 0 Å². The average molecular weight is 305 g/mol. The molecule has 0 bridgehead atoms. The number of likely N-dealkylation sites (tertiary alicyclic amines) is 1. The van der Waals surface area contributed by atoms with Crippen molar-refractivity contribution in [1.29, 1.82) is 0 Å². The lowest BCUT2D eigenvalue weighted by molar-refractivity contribution is -0.123.